The summed E-state index contributed by atoms with van der Waals surface area (Å²) in [5.41, 5.74) is 5.00. The highest BCUT2D eigenvalue weighted by atomic mass is 32.1. The molecule has 0 saturated carbocycles. The number of likely N-dealkylation sites (tertiary alicyclic amines) is 1. The van der Waals surface area contributed by atoms with Crippen LogP contribution in [0.3, 0.4) is 0 Å². The fraction of sp³-hybridized carbons (Fsp3) is 0.500. The largest absolute Gasteiger partial charge is 0.497 e. The first-order valence-electron chi connectivity index (χ1n) is 12.8. The Morgan fingerprint density at radius 1 is 1.22 bits per heavy atom. The minimum atomic E-state index is -0.0208. The number of carbonyl (C=O) groups excluding carboxylic acids is 1. The van der Waals surface area contributed by atoms with E-state index in [1.807, 2.05) is 20.9 Å². The maximum absolute atomic E-state index is 12.7. The molecule has 0 spiro atoms. The first-order valence-corrected chi connectivity index (χ1v) is 13.8. The van der Waals surface area contributed by atoms with E-state index in [9.17, 15) is 4.79 Å². The first-order chi connectivity index (χ1) is 17.4. The van der Waals surface area contributed by atoms with E-state index < -0.39 is 0 Å². The van der Waals surface area contributed by atoms with Gasteiger partial charge in [-0.05, 0) is 86.7 Å². The summed E-state index contributed by atoms with van der Waals surface area (Å²) in [5, 5.41) is 11.9. The summed E-state index contributed by atoms with van der Waals surface area (Å²) in [7, 11) is 3.59. The van der Waals surface area contributed by atoms with Crippen molar-refractivity contribution in [3.8, 4) is 5.75 Å². The molecule has 1 atom stereocenters. The second kappa shape index (κ2) is 11.9. The average Bonchev–Trinajstić information content (AvgIpc) is 3.49. The van der Waals surface area contributed by atoms with Crippen LogP contribution in [0, 0.1) is 13.8 Å². The van der Waals surface area contributed by atoms with Crippen molar-refractivity contribution in [1.29, 1.82) is 0 Å². The molecular formula is C28H39N5O2S. The molecule has 1 aromatic carbocycles. The molecule has 0 bridgehead atoms. The van der Waals surface area contributed by atoms with Crippen LogP contribution < -0.4 is 15.0 Å². The van der Waals surface area contributed by atoms with E-state index in [1.165, 1.54) is 11.3 Å². The van der Waals surface area contributed by atoms with E-state index in [1.54, 1.807) is 23.1 Å². The fourth-order valence-electron chi connectivity index (χ4n) is 5.19. The van der Waals surface area contributed by atoms with E-state index in [4.69, 9.17) is 4.74 Å². The summed E-state index contributed by atoms with van der Waals surface area (Å²) in [6.45, 7) is 9.84. The molecule has 1 aliphatic rings. The van der Waals surface area contributed by atoms with Gasteiger partial charge in [0.25, 0.3) is 5.91 Å². The third kappa shape index (κ3) is 6.10. The molecule has 4 rings (SSSR count). The zero-order chi connectivity index (χ0) is 25.7. The standard InChI is InChI=1S/C28H39N5O2S/c1-20(10-14-29-28(34)27-21(2)30-31(4)22(27)3)32-15-11-25(12-16-32)33(18-23-13-17-36-19-23)24-6-8-26(35-5)9-7-24/h6-9,13,17,19-20,25H,10-12,14-16,18H2,1-5H3,(H,29,34)/t20-/m1/s1. The number of hydrogen-bond donors (Lipinski definition) is 1. The highest BCUT2D eigenvalue weighted by molar-refractivity contribution is 7.07. The van der Waals surface area contributed by atoms with E-state index in [0.717, 1.165) is 56.0 Å². The van der Waals surface area contributed by atoms with Crippen LogP contribution in [0.4, 0.5) is 5.69 Å². The Bertz CT molecular complexity index is 1120. The van der Waals surface area contributed by atoms with Gasteiger partial charge in [-0.15, -0.1) is 0 Å². The van der Waals surface area contributed by atoms with Crippen LogP contribution in [-0.2, 0) is 13.6 Å². The molecule has 3 aromatic rings. The van der Waals surface area contributed by atoms with Crippen LogP contribution in [0.2, 0.25) is 0 Å². The predicted octanol–water partition coefficient (Wildman–Crippen LogP) is 4.79. The molecule has 1 saturated heterocycles. The number of amides is 1. The number of aromatic nitrogens is 2. The lowest BCUT2D eigenvalue weighted by Crippen LogP contribution is -2.48. The Labute approximate surface area is 219 Å². The second-order valence-corrected chi connectivity index (χ2v) is 10.6. The summed E-state index contributed by atoms with van der Waals surface area (Å²) >= 11 is 1.76. The molecule has 0 radical (unpaired) electrons. The lowest BCUT2D eigenvalue weighted by molar-refractivity contribution is 0.0944. The van der Waals surface area contributed by atoms with E-state index >= 15 is 0 Å². The number of ether oxygens (including phenoxy) is 1. The molecule has 194 valence electrons. The number of nitrogens with zero attached hydrogens (tertiary/aromatic N) is 4. The number of hydrogen-bond acceptors (Lipinski definition) is 6. The Balaban J connectivity index is 1.30. The summed E-state index contributed by atoms with van der Waals surface area (Å²) in [4.78, 5) is 17.8. The molecule has 36 heavy (non-hydrogen) atoms. The predicted molar refractivity (Wildman–Crippen MR) is 147 cm³/mol. The number of piperidine rings is 1. The maximum atomic E-state index is 12.7. The highest BCUT2D eigenvalue weighted by Gasteiger charge is 2.27. The van der Waals surface area contributed by atoms with Crippen molar-refractivity contribution in [3.63, 3.8) is 0 Å². The van der Waals surface area contributed by atoms with Gasteiger partial charge in [0.2, 0.25) is 0 Å². The van der Waals surface area contributed by atoms with Gasteiger partial charge in [0.15, 0.2) is 0 Å². The van der Waals surface area contributed by atoms with Gasteiger partial charge in [-0.2, -0.15) is 16.4 Å². The number of methoxy groups -OCH3 is 1. The highest BCUT2D eigenvalue weighted by Crippen LogP contribution is 2.29. The molecule has 1 aliphatic heterocycles. The Morgan fingerprint density at radius 3 is 2.53 bits per heavy atom. The van der Waals surface area contributed by atoms with Gasteiger partial charge in [0.05, 0.1) is 18.4 Å². The van der Waals surface area contributed by atoms with Crippen molar-refractivity contribution < 1.29 is 9.53 Å². The first kappa shape index (κ1) is 26.2. The van der Waals surface area contributed by atoms with Crippen LogP contribution in [-0.4, -0.2) is 59.4 Å². The van der Waals surface area contributed by atoms with Crippen molar-refractivity contribution in [2.45, 2.75) is 58.7 Å². The molecule has 8 heteroatoms. The number of rotatable bonds is 10. The van der Waals surface area contributed by atoms with Gasteiger partial charge in [-0.1, -0.05) is 0 Å². The fourth-order valence-corrected chi connectivity index (χ4v) is 5.85. The van der Waals surface area contributed by atoms with Crippen LogP contribution in [0.1, 0.15) is 53.5 Å². The molecule has 1 amide bonds. The Morgan fingerprint density at radius 2 is 1.94 bits per heavy atom. The molecule has 7 nitrogen and oxygen atoms in total. The second-order valence-electron chi connectivity index (χ2n) is 9.79. The lowest BCUT2D eigenvalue weighted by atomic mass is 9.99. The third-order valence-electron chi connectivity index (χ3n) is 7.48. The Hall–Kier alpha value is -2.84. The monoisotopic (exact) mass is 509 g/mol. The maximum Gasteiger partial charge on any atom is 0.255 e. The minimum absolute atomic E-state index is 0.0208. The lowest BCUT2D eigenvalue weighted by Gasteiger charge is -2.42. The minimum Gasteiger partial charge on any atom is -0.497 e. The van der Waals surface area contributed by atoms with Gasteiger partial charge >= 0.3 is 0 Å². The van der Waals surface area contributed by atoms with Gasteiger partial charge < -0.3 is 19.9 Å². The van der Waals surface area contributed by atoms with Crippen molar-refractivity contribution >= 4 is 22.9 Å². The number of thiophene rings is 1. The third-order valence-corrected chi connectivity index (χ3v) is 8.22. The van der Waals surface area contributed by atoms with Gasteiger partial charge in [-0.25, -0.2) is 0 Å². The molecule has 0 unspecified atom stereocenters. The van der Waals surface area contributed by atoms with Gasteiger partial charge in [-0.3, -0.25) is 9.48 Å². The molecule has 0 aliphatic carbocycles. The molecule has 1 N–H and O–H groups in total. The van der Waals surface area contributed by atoms with Crippen molar-refractivity contribution in [2.75, 3.05) is 31.6 Å². The van der Waals surface area contributed by atoms with Gasteiger partial charge in [0, 0.05) is 56.7 Å². The number of nitrogens with one attached hydrogen (secondary N) is 1. The quantitative estimate of drug-likeness (QED) is 0.426. The normalized spacial score (nSPS) is 15.6. The zero-order valence-electron chi connectivity index (χ0n) is 22.2. The van der Waals surface area contributed by atoms with Crippen molar-refractivity contribution in [2.24, 2.45) is 7.05 Å². The van der Waals surface area contributed by atoms with Gasteiger partial charge in [0.1, 0.15) is 5.75 Å². The molecule has 1 fully saturated rings. The van der Waals surface area contributed by atoms with E-state index in [-0.39, 0.29) is 5.91 Å². The summed E-state index contributed by atoms with van der Waals surface area (Å²) in [6.07, 6.45) is 3.19. The topological polar surface area (TPSA) is 62.6 Å². The molecular weight excluding hydrogens is 470 g/mol. The SMILES string of the molecule is COc1ccc(N(Cc2ccsc2)C2CCN([C@H](C)CCNC(=O)c3c(C)nn(C)c3C)CC2)cc1. The van der Waals surface area contributed by atoms with E-state index in [2.05, 4.69) is 68.2 Å². The average molecular weight is 510 g/mol. The number of anilines is 1. The van der Waals surface area contributed by atoms with Crippen LogP contribution in [0.15, 0.2) is 41.1 Å². The number of aryl methyl sites for hydroxylation is 2. The molecule has 3 heterocycles. The summed E-state index contributed by atoms with van der Waals surface area (Å²) in [5.74, 6) is 0.867. The van der Waals surface area contributed by atoms with Crippen LogP contribution >= 0.6 is 11.3 Å². The molecule has 2 aromatic heterocycles. The summed E-state index contributed by atoms with van der Waals surface area (Å²) < 4.78 is 7.14. The van der Waals surface area contributed by atoms with Crippen LogP contribution in [0.5, 0.6) is 5.75 Å². The van der Waals surface area contributed by atoms with E-state index in [0.29, 0.717) is 24.2 Å². The number of benzene rings is 1. The van der Waals surface area contributed by atoms with Crippen molar-refractivity contribution in [3.05, 3.63) is 63.6 Å². The van der Waals surface area contributed by atoms with Crippen molar-refractivity contribution in [1.82, 2.24) is 20.0 Å². The Kier molecular flexibility index (Phi) is 8.69. The number of carbonyl (C=O) groups is 1. The zero-order valence-corrected chi connectivity index (χ0v) is 23.0. The summed E-state index contributed by atoms with van der Waals surface area (Å²) in [6, 6.07) is 11.6. The van der Waals surface area contributed by atoms with Crippen LogP contribution in [0.25, 0.3) is 0 Å². The smallest absolute Gasteiger partial charge is 0.255 e.